The van der Waals surface area contributed by atoms with Crippen molar-refractivity contribution in [2.24, 2.45) is 0 Å². The highest BCUT2D eigenvalue weighted by atomic mass is 35.5. The van der Waals surface area contributed by atoms with Crippen LogP contribution in [0.3, 0.4) is 0 Å². The molecule has 53 heavy (non-hydrogen) atoms. The van der Waals surface area contributed by atoms with Crippen LogP contribution in [0, 0.1) is 11.6 Å². The molecule has 0 aliphatic rings. The average molecular weight is 767 g/mol. The standard InChI is InChI=1S/C41H25Cl2F6O4/c42-31-13-1-25(2-14-31)37(50)27-5-17-33(18-6-27)52-35-21-9-29(10-22-35)39(40(44,45)46,41(47,48)49)30-11-23-36(24-12-30)53-34-19-7-28(8-20-34)38(51)26-3-15-32(43)16-4-26/h1-24,42H/q+1. The van der Waals surface area contributed by atoms with Gasteiger partial charge in [-0.3, -0.25) is 9.59 Å². The molecule has 6 aromatic rings. The molecule has 268 valence electrons. The molecule has 0 aromatic heterocycles. The third-order valence-electron chi connectivity index (χ3n) is 8.35. The summed E-state index contributed by atoms with van der Waals surface area (Å²) in [6, 6.07) is 31.3. The second kappa shape index (κ2) is 14.8. The Bertz CT molecular complexity index is 2050. The maximum absolute atomic E-state index is 14.8. The van der Waals surface area contributed by atoms with E-state index in [2.05, 4.69) is 0 Å². The third-order valence-corrected chi connectivity index (χ3v) is 8.88. The second-order valence-corrected chi connectivity index (χ2v) is 12.6. The van der Waals surface area contributed by atoms with Gasteiger partial charge in [0.2, 0.25) is 10.4 Å². The number of halogens is 8. The van der Waals surface area contributed by atoms with Crippen molar-refractivity contribution in [2.75, 3.05) is 0 Å². The Balaban J connectivity index is 1.20. The van der Waals surface area contributed by atoms with Crippen LogP contribution in [0.4, 0.5) is 26.3 Å². The second-order valence-electron chi connectivity index (χ2n) is 11.7. The van der Waals surface area contributed by atoms with Crippen molar-refractivity contribution in [3.8, 4) is 23.0 Å². The first-order valence-electron chi connectivity index (χ1n) is 15.7. The average Bonchev–Trinajstić information content (AvgIpc) is 3.13. The predicted molar refractivity (Wildman–Crippen MR) is 184 cm³/mol. The Morgan fingerprint density at radius 2 is 0.698 bits per heavy atom. The Morgan fingerprint density at radius 3 is 1.00 bits per heavy atom. The topological polar surface area (TPSA) is 52.6 Å². The van der Waals surface area contributed by atoms with Crippen molar-refractivity contribution in [3.05, 3.63) is 189 Å². The summed E-state index contributed by atoms with van der Waals surface area (Å²) in [5.41, 5.74) is -5.08. The molecule has 0 aliphatic carbocycles. The first-order valence-corrected chi connectivity index (χ1v) is 16.5. The van der Waals surface area contributed by atoms with Crippen LogP contribution in [-0.4, -0.2) is 23.9 Å². The third kappa shape index (κ3) is 7.79. The maximum atomic E-state index is 14.8. The van der Waals surface area contributed by atoms with Gasteiger partial charge in [-0.2, -0.15) is 26.3 Å². The van der Waals surface area contributed by atoms with Gasteiger partial charge in [0.15, 0.2) is 23.2 Å². The summed E-state index contributed by atoms with van der Waals surface area (Å²) in [7, 11) is 0. The number of hydrogen-bond donors (Lipinski definition) is 0. The molecule has 12 heteroatoms. The van der Waals surface area contributed by atoms with E-state index in [-0.39, 0.29) is 34.6 Å². The van der Waals surface area contributed by atoms with E-state index in [1.54, 1.807) is 48.5 Å². The molecule has 0 spiro atoms. The Kier molecular flexibility index (Phi) is 10.4. The molecule has 0 saturated heterocycles. The van der Waals surface area contributed by atoms with Gasteiger partial charge in [-0.15, -0.1) is 0 Å². The lowest BCUT2D eigenvalue weighted by Crippen LogP contribution is -2.54. The largest absolute Gasteiger partial charge is 0.457 e. The van der Waals surface area contributed by atoms with Crippen LogP contribution < -0.4 is 9.47 Å². The van der Waals surface area contributed by atoms with E-state index >= 15 is 0 Å². The quantitative estimate of drug-likeness (QED) is 0.103. The molecule has 0 atom stereocenters. The van der Waals surface area contributed by atoms with Gasteiger partial charge in [-0.05, 0) is 120 Å². The normalized spacial score (nSPS) is 11.9. The number of ether oxygens (including phenoxy) is 2. The molecule has 0 radical (unpaired) electrons. The molecule has 0 saturated carbocycles. The fraction of sp³-hybridized carbons (Fsp3) is 0.0732. The molecule has 6 aromatic carbocycles. The fourth-order valence-electron chi connectivity index (χ4n) is 5.69. The van der Waals surface area contributed by atoms with Crippen LogP contribution in [0.15, 0.2) is 146 Å². The molecule has 0 N–H and O–H groups in total. The van der Waals surface area contributed by atoms with Crippen molar-refractivity contribution in [1.82, 2.24) is 0 Å². The summed E-state index contributed by atoms with van der Waals surface area (Å²) in [6.45, 7) is 0. The minimum atomic E-state index is -5.81. The van der Waals surface area contributed by atoms with Gasteiger partial charge in [-0.25, -0.2) is 0 Å². The van der Waals surface area contributed by atoms with E-state index in [4.69, 9.17) is 32.7 Å². The number of benzene rings is 6. The van der Waals surface area contributed by atoms with Gasteiger partial charge >= 0.3 is 12.4 Å². The van der Waals surface area contributed by atoms with Crippen LogP contribution >= 0.6 is 11.6 Å². The van der Waals surface area contributed by atoms with Crippen molar-refractivity contribution in [3.63, 3.8) is 0 Å². The van der Waals surface area contributed by atoms with Gasteiger partial charge in [0.25, 0.3) is 0 Å². The molecule has 0 amide bonds. The van der Waals surface area contributed by atoms with Crippen LogP contribution in [-0.2, 0) is 5.41 Å². The number of carbonyl (C=O) groups is 2. The number of carbonyl (C=O) groups excluding carboxylic acids is 2. The lowest BCUT2D eigenvalue weighted by atomic mass is 9.73. The van der Waals surface area contributed by atoms with E-state index in [1.165, 1.54) is 48.5 Å². The Morgan fingerprint density at radius 1 is 0.434 bits per heavy atom. The number of rotatable bonds is 10. The molecular formula is C41H25Cl2F6O4+. The predicted octanol–water partition coefficient (Wildman–Crippen LogP) is 11.5. The van der Waals surface area contributed by atoms with Crippen molar-refractivity contribution >= 4 is 23.2 Å². The highest BCUT2D eigenvalue weighted by Crippen LogP contribution is 2.56. The summed E-state index contributed by atoms with van der Waals surface area (Å²) < 4.78 is 100. The van der Waals surface area contributed by atoms with Crippen LogP contribution in [0.5, 0.6) is 23.0 Å². The highest BCUT2D eigenvalue weighted by Gasteiger charge is 2.72. The molecule has 4 nitrogen and oxygen atoms in total. The number of hydrogen-bond acceptors (Lipinski definition) is 4. The van der Waals surface area contributed by atoms with E-state index in [1.807, 2.05) is 0 Å². The molecule has 6 rings (SSSR count). The maximum Gasteiger partial charge on any atom is 0.411 e. The number of alkyl halides is 6. The molecule has 0 bridgehead atoms. The summed E-state index contributed by atoms with van der Waals surface area (Å²) in [6.07, 6.45) is -11.6. The summed E-state index contributed by atoms with van der Waals surface area (Å²) >= 11 is 10.9. The molecule has 0 heterocycles. The molecule has 0 unspecified atom stereocenters. The molecule has 0 aliphatic heterocycles. The fourth-order valence-corrected chi connectivity index (χ4v) is 5.95. The smallest absolute Gasteiger partial charge is 0.411 e. The van der Waals surface area contributed by atoms with Gasteiger partial charge in [0, 0.05) is 39.4 Å². The van der Waals surface area contributed by atoms with Crippen LogP contribution in [0.1, 0.15) is 43.0 Å². The highest BCUT2D eigenvalue weighted by molar-refractivity contribution is 6.30. The van der Waals surface area contributed by atoms with Crippen molar-refractivity contribution in [2.45, 2.75) is 17.8 Å². The van der Waals surface area contributed by atoms with Gasteiger partial charge in [-0.1, -0.05) is 35.9 Å². The number of ketones is 2. The Hall–Kier alpha value is -5.58. The zero-order valence-corrected chi connectivity index (χ0v) is 28.6. The van der Waals surface area contributed by atoms with Crippen LogP contribution in [0.25, 0.3) is 0 Å². The molecule has 0 fully saturated rings. The molecular weight excluding hydrogens is 741 g/mol. The minimum absolute atomic E-state index is 0.0308. The van der Waals surface area contributed by atoms with E-state index < -0.39 is 28.9 Å². The zero-order chi connectivity index (χ0) is 38.0. The van der Waals surface area contributed by atoms with Crippen molar-refractivity contribution < 1.29 is 57.0 Å². The SMILES string of the molecule is O=C(c1ccc(Cl)cc1)c1ccc(Oc2ccc(C(c3ccc(Oc4ccc(C(=O)c5ccc([ClH+])cc5)cc4)cc3)(C(F)(F)F)C(F)(F)F)cc2)cc1. The van der Waals surface area contributed by atoms with E-state index in [0.717, 1.165) is 24.3 Å². The van der Waals surface area contributed by atoms with E-state index in [9.17, 15) is 35.9 Å². The van der Waals surface area contributed by atoms with Crippen molar-refractivity contribution in [1.29, 1.82) is 0 Å². The summed E-state index contributed by atoms with van der Waals surface area (Å²) in [5.74, 6) is -0.227. The first-order chi connectivity index (χ1) is 25.2. The van der Waals surface area contributed by atoms with Gasteiger partial charge < -0.3 is 9.47 Å². The first kappa shape index (κ1) is 37.2. The zero-order valence-electron chi connectivity index (χ0n) is 27.0. The Labute approximate surface area is 309 Å². The van der Waals surface area contributed by atoms with Crippen LogP contribution in [0.2, 0.25) is 10.0 Å². The lowest BCUT2D eigenvalue weighted by Gasteiger charge is -2.38. The minimum Gasteiger partial charge on any atom is -0.457 e. The summed E-state index contributed by atoms with van der Waals surface area (Å²) in [5, 5.41) is 1.04. The lowest BCUT2D eigenvalue weighted by molar-refractivity contribution is -0.289. The van der Waals surface area contributed by atoms with Gasteiger partial charge in [0.05, 0.1) is 0 Å². The van der Waals surface area contributed by atoms with Gasteiger partial charge in [0.1, 0.15) is 23.0 Å². The summed E-state index contributed by atoms with van der Waals surface area (Å²) in [4.78, 5) is 25.5. The monoisotopic (exact) mass is 765 g/mol. The van der Waals surface area contributed by atoms with E-state index in [0.29, 0.717) is 56.6 Å².